The van der Waals surface area contributed by atoms with Crippen LogP contribution in [-0.4, -0.2) is 19.7 Å². The SMILES string of the molecule is CCOC(c1ccccc1)C(NC)C1=CCCCC1. The normalized spacial score (nSPS) is 18.7. The third-order valence-corrected chi connectivity index (χ3v) is 3.81. The van der Waals surface area contributed by atoms with Gasteiger partial charge in [0.05, 0.1) is 6.04 Å². The molecule has 0 spiro atoms. The summed E-state index contributed by atoms with van der Waals surface area (Å²) in [5, 5.41) is 3.46. The van der Waals surface area contributed by atoms with E-state index in [-0.39, 0.29) is 6.10 Å². The average molecular weight is 259 g/mol. The van der Waals surface area contributed by atoms with E-state index in [1.165, 1.54) is 36.8 Å². The summed E-state index contributed by atoms with van der Waals surface area (Å²) < 4.78 is 6.03. The lowest BCUT2D eigenvalue weighted by Crippen LogP contribution is -2.36. The Labute approximate surface area is 116 Å². The molecule has 2 nitrogen and oxygen atoms in total. The Kier molecular flexibility index (Phi) is 5.62. The van der Waals surface area contributed by atoms with E-state index >= 15 is 0 Å². The van der Waals surface area contributed by atoms with Gasteiger partial charge >= 0.3 is 0 Å². The minimum absolute atomic E-state index is 0.112. The topological polar surface area (TPSA) is 21.3 Å². The summed E-state index contributed by atoms with van der Waals surface area (Å²) in [7, 11) is 2.04. The van der Waals surface area contributed by atoms with Crippen LogP contribution in [0.25, 0.3) is 0 Å². The van der Waals surface area contributed by atoms with Gasteiger partial charge < -0.3 is 10.1 Å². The Bertz CT molecular complexity index is 399. The number of allylic oxidation sites excluding steroid dienone is 1. The molecule has 19 heavy (non-hydrogen) atoms. The van der Waals surface area contributed by atoms with Crippen LogP contribution in [0.5, 0.6) is 0 Å². The monoisotopic (exact) mass is 259 g/mol. The highest BCUT2D eigenvalue weighted by Crippen LogP contribution is 2.30. The van der Waals surface area contributed by atoms with Crippen LogP contribution < -0.4 is 5.32 Å². The molecule has 0 amide bonds. The van der Waals surface area contributed by atoms with Gasteiger partial charge in [0.1, 0.15) is 6.10 Å². The second-order valence-electron chi connectivity index (χ2n) is 5.08. The van der Waals surface area contributed by atoms with Crippen molar-refractivity contribution in [2.75, 3.05) is 13.7 Å². The molecule has 0 saturated heterocycles. The molecule has 2 heteroatoms. The lowest BCUT2D eigenvalue weighted by Gasteiger charge is -2.31. The molecule has 0 aromatic heterocycles. The zero-order chi connectivity index (χ0) is 13.5. The highest BCUT2D eigenvalue weighted by molar-refractivity contribution is 5.25. The molecule has 104 valence electrons. The quantitative estimate of drug-likeness (QED) is 0.783. The van der Waals surface area contributed by atoms with Gasteiger partial charge in [-0.15, -0.1) is 0 Å². The Morgan fingerprint density at radius 1 is 1.21 bits per heavy atom. The third kappa shape index (κ3) is 3.68. The fraction of sp³-hybridized carbons (Fsp3) is 0.529. The highest BCUT2D eigenvalue weighted by atomic mass is 16.5. The van der Waals surface area contributed by atoms with Gasteiger partial charge in [0.25, 0.3) is 0 Å². The van der Waals surface area contributed by atoms with E-state index < -0.39 is 0 Å². The predicted octanol–water partition coefficient (Wildman–Crippen LogP) is 3.85. The van der Waals surface area contributed by atoms with Crippen LogP contribution in [0.15, 0.2) is 42.0 Å². The molecule has 1 aromatic carbocycles. The summed E-state index contributed by atoms with van der Waals surface area (Å²) in [5.74, 6) is 0. The predicted molar refractivity (Wildman–Crippen MR) is 80.2 cm³/mol. The maximum Gasteiger partial charge on any atom is 0.102 e. The lowest BCUT2D eigenvalue weighted by atomic mass is 9.88. The second kappa shape index (κ2) is 7.46. The van der Waals surface area contributed by atoms with Crippen molar-refractivity contribution in [1.82, 2.24) is 5.32 Å². The standard InChI is InChI=1S/C17H25NO/c1-3-19-17(15-12-8-5-9-13-15)16(18-2)14-10-6-4-7-11-14/h5,8-10,12-13,16-18H,3-4,6-7,11H2,1-2H3. The van der Waals surface area contributed by atoms with E-state index in [0.29, 0.717) is 6.04 Å². The summed E-state index contributed by atoms with van der Waals surface area (Å²) in [5.41, 5.74) is 2.77. The van der Waals surface area contributed by atoms with Crippen molar-refractivity contribution in [3.8, 4) is 0 Å². The molecule has 2 rings (SSSR count). The zero-order valence-electron chi connectivity index (χ0n) is 12.1. The van der Waals surface area contributed by atoms with Crippen molar-refractivity contribution in [3.63, 3.8) is 0 Å². The van der Waals surface area contributed by atoms with Crippen LogP contribution in [-0.2, 0) is 4.74 Å². The summed E-state index contributed by atoms with van der Waals surface area (Å²) in [6.45, 7) is 2.81. The molecule has 0 fully saturated rings. The molecule has 2 unspecified atom stereocenters. The largest absolute Gasteiger partial charge is 0.372 e. The van der Waals surface area contributed by atoms with E-state index in [0.717, 1.165) is 6.61 Å². The van der Waals surface area contributed by atoms with Crippen molar-refractivity contribution in [2.24, 2.45) is 0 Å². The van der Waals surface area contributed by atoms with Crippen LogP contribution in [0, 0.1) is 0 Å². The molecule has 0 saturated carbocycles. The fourth-order valence-electron chi connectivity index (χ4n) is 2.88. The number of benzene rings is 1. The summed E-state index contributed by atoms with van der Waals surface area (Å²) in [6, 6.07) is 10.8. The third-order valence-electron chi connectivity index (χ3n) is 3.81. The molecule has 1 N–H and O–H groups in total. The van der Waals surface area contributed by atoms with Gasteiger partial charge in [-0.05, 0) is 45.2 Å². The van der Waals surface area contributed by atoms with Gasteiger partial charge in [-0.1, -0.05) is 42.0 Å². The highest BCUT2D eigenvalue weighted by Gasteiger charge is 2.26. The fourth-order valence-corrected chi connectivity index (χ4v) is 2.88. The summed E-state index contributed by atoms with van der Waals surface area (Å²) in [6.07, 6.45) is 7.55. The molecule has 0 bridgehead atoms. The van der Waals surface area contributed by atoms with Crippen LogP contribution in [0.3, 0.4) is 0 Å². The Morgan fingerprint density at radius 3 is 2.58 bits per heavy atom. The average Bonchev–Trinajstić information content (AvgIpc) is 2.49. The van der Waals surface area contributed by atoms with Crippen molar-refractivity contribution in [1.29, 1.82) is 0 Å². The van der Waals surface area contributed by atoms with Crippen molar-refractivity contribution in [3.05, 3.63) is 47.5 Å². The first-order chi connectivity index (χ1) is 9.36. The van der Waals surface area contributed by atoms with Crippen molar-refractivity contribution < 1.29 is 4.74 Å². The van der Waals surface area contributed by atoms with Gasteiger partial charge in [-0.2, -0.15) is 0 Å². The molecule has 2 atom stereocenters. The molecule has 0 aliphatic heterocycles. The first-order valence-electron chi connectivity index (χ1n) is 7.39. The maximum absolute atomic E-state index is 6.03. The zero-order valence-corrected chi connectivity index (χ0v) is 12.1. The first-order valence-corrected chi connectivity index (χ1v) is 7.39. The molecular formula is C17H25NO. The number of hydrogen-bond acceptors (Lipinski definition) is 2. The molecule has 1 aliphatic rings. The minimum atomic E-state index is 0.112. The Morgan fingerprint density at radius 2 is 2.00 bits per heavy atom. The van der Waals surface area contributed by atoms with Gasteiger partial charge in [-0.25, -0.2) is 0 Å². The molecule has 1 aliphatic carbocycles. The van der Waals surface area contributed by atoms with Crippen molar-refractivity contribution in [2.45, 2.75) is 44.8 Å². The smallest absolute Gasteiger partial charge is 0.102 e. The second-order valence-corrected chi connectivity index (χ2v) is 5.08. The van der Waals surface area contributed by atoms with Crippen LogP contribution >= 0.6 is 0 Å². The number of ether oxygens (including phenoxy) is 1. The number of likely N-dealkylation sites (N-methyl/N-ethyl adjacent to an activating group) is 1. The number of rotatable bonds is 6. The number of nitrogens with one attached hydrogen (secondary N) is 1. The van der Waals surface area contributed by atoms with Gasteiger partial charge in [-0.3, -0.25) is 0 Å². The van der Waals surface area contributed by atoms with Crippen LogP contribution in [0.4, 0.5) is 0 Å². The van der Waals surface area contributed by atoms with Crippen molar-refractivity contribution >= 4 is 0 Å². The van der Waals surface area contributed by atoms with Gasteiger partial charge in [0.2, 0.25) is 0 Å². The molecule has 1 aromatic rings. The summed E-state index contributed by atoms with van der Waals surface area (Å²) >= 11 is 0. The first kappa shape index (κ1) is 14.3. The van der Waals surface area contributed by atoms with Crippen LogP contribution in [0.2, 0.25) is 0 Å². The van der Waals surface area contributed by atoms with E-state index in [1.54, 1.807) is 0 Å². The van der Waals surface area contributed by atoms with E-state index in [9.17, 15) is 0 Å². The Balaban J connectivity index is 2.23. The maximum atomic E-state index is 6.03. The van der Waals surface area contributed by atoms with E-state index in [2.05, 4.69) is 48.6 Å². The molecule has 0 radical (unpaired) electrons. The van der Waals surface area contributed by atoms with Gasteiger partial charge in [0.15, 0.2) is 0 Å². The lowest BCUT2D eigenvalue weighted by molar-refractivity contribution is 0.0429. The summed E-state index contributed by atoms with van der Waals surface area (Å²) in [4.78, 5) is 0. The molecular weight excluding hydrogens is 234 g/mol. The van der Waals surface area contributed by atoms with E-state index in [1.807, 2.05) is 7.05 Å². The van der Waals surface area contributed by atoms with Gasteiger partial charge in [0, 0.05) is 6.61 Å². The Hall–Kier alpha value is -1.12. The molecule has 0 heterocycles. The number of hydrogen-bond donors (Lipinski definition) is 1. The van der Waals surface area contributed by atoms with Crippen LogP contribution in [0.1, 0.15) is 44.3 Å². The minimum Gasteiger partial charge on any atom is -0.372 e. The van der Waals surface area contributed by atoms with E-state index in [4.69, 9.17) is 4.74 Å².